The monoisotopic (exact) mass is 326 g/mol. The number of ether oxygens (including phenoxy) is 1. The van der Waals surface area contributed by atoms with Crippen LogP contribution in [0, 0.1) is 0 Å². The van der Waals surface area contributed by atoms with Crippen molar-refractivity contribution in [3.63, 3.8) is 0 Å². The third kappa shape index (κ3) is 3.03. The Morgan fingerprint density at radius 2 is 2.00 bits per heavy atom. The standard InChI is InChI=1S/C13H8BrClO3/c14-8-2-1-3-10(6-8)18-12-7-9(15)4-5-11(12)13(16)17/h1-7H,(H,16,17). The number of aromatic carboxylic acids is 1. The number of hydrogen-bond donors (Lipinski definition) is 1. The minimum absolute atomic E-state index is 0.0689. The summed E-state index contributed by atoms with van der Waals surface area (Å²) in [6.07, 6.45) is 0. The third-order valence-corrected chi connectivity index (χ3v) is 2.93. The highest BCUT2D eigenvalue weighted by Gasteiger charge is 2.12. The average molecular weight is 328 g/mol. The summed E-state index contributed by atoms with van der Waals surface area (Å²) in [4.78, 5) is 11.1. The third-order valence-electron chi connectivity index (χ3n) is 2.20. The molecule has 0 saturated carbocycles. The summed E-state index contributed by atoms with van der Waals surface area (Å²) in [7, 11) is 0. The van der Waals surface area contributed by atoms with Gasteiger partial charge in [0.25, 0.3) is 0 Å². The van der Waals surface area contributed by atoms with Crippen molar-refractivity contribution >= 4 is 33.5 Å². The lowest BCUT2D eigenvalue weighted by Crippen LogP contribution is -1.99. The molecule has 5 heteroatoms. The van der Waals surface area contributed by atoms with E-state index < -0.39 is 5.97 Å². The Kier molecular flexibility index (Phi) is 3.89. The normalized spacial score (nSPS) is 10.1. The Bertz CT molecular complexity index is 599. The molecular weight excluding hydrogens is 319 g/mol. The smallest absolute Gasteiger partial charge is 0.339 e. The van der Waals surface area contributed by atoms with Crippen molar-refractivity contribution in [2.45, 2.75) is 0 Å². The molecule has 0 bridgehead atoms. The molecule has 0 aliphatic carbocycles. The van der Waals surface area contributed by atoms with E-state index in [9.17, 15) is 4.79 Å². The summed E-state index contributed by atoms with van der Waals surface area (Å²) in [5, 5.41) is 9.48. The molecule has 1 N–H and O–H groups in total. The van der Waals surface area contributed by atoms with E-state index in [1.807, 2.05) is 6.07 Å². The molecule has 0 unspecified atom stereocenters. The lowest BCUT2D eigenvalue weighted by Gasteiger charge is -2.09. The minimum Gasteiger partial charge on any atom is -0.478 e. The van der Waals surface area contributed by atoms with Crippen LogP contribution in [0.5, 0.6) is 11.5 Å². The van der Waals surface area contributed by atoms with Gasteiger partial charge >= 0.3 is 5.97 Å². The van der Waals surface area contributed by atoms with Crippen LogP contribution in [0.2, 0.25) is 5.02 Å². The summed E-state index contributed by atoms with van der Waals surface area (Å²) in [6, 6.07) is 11.5. The Labute approximate surface area is 117 Å². The average Bonchev–Trinajstić information content (AvgIpc) is 2.28. The maximum absolute atomic E-state index is 11.1. The zero-order valence-corrected chi connectivity index (χ0v) is 11.4. The van der Waals surface area contributed by atoms with Crippen LogP contribution < -0.4 is 4.74 Å². The van der Waals surface area contributed by atoms with Crippen LogP contribution in [0.4, 0.5) is 0 Å². The molecular formula is C13H8BrClO3. The van der Waals surface area contributed by atoms with Crippen molar-refractivity contribution in [3.05, 3.63) is 57.5 Å². The highest BCUT2D eigenvalue weighted by Crippen LogP contribution is 2.29. The molecule has 0 amide bonds. The predicted octanol–water partition coefficient (Wildman–Crippen LogP) is 4.59. The van der Waals surface area contributed by atoms with Crippen molar-refractivity contribution in [3.8, 4) is 11.5 Å². The second-order valence-corrected chi connectivity index (χ2v) is 4.86. The maximum atomic E-state index is 11.1. The predicted molar refractivity (Wildman–Crippen MR) is 72.6 cm³/mol. The quantitative estimate of drug-likeness (QED) is 0.896. The Morgan fingerprint density at radius 3 is 2.67 bits per heavy atom. The Balaban J connectivity index is 2.39. The van der Waals surface area contributed by atoms with Crippen LogP contribution in [-0.2, 0) is 0 Å². The van der Waals surface area contributed by atoms with E-state index in [4.69, 9.17) is 21.4 Å². The van der Waals surface area contributed by atoms with Gasteiger partial charge in [0.15, 0.2) is 0 Å². The summed E-state index contributed by atoms with van der Waals surface area (Å²) >= 11 is 9.15. The number of carbonyl (C=O) groups is 1. The van der Waals surface area contributed by atoms with Gasteiger partial charge in [-0.15, -0.1) is 0 Å². The maximum Gasteiger partial charge on any atom is 0.339 e. The number of halogens is 2. The highest BCUT2D eigenvalue weighted by atomic mass is 79.9. The number of rotatable bonds is 3. The van der Waals surface area contributed by atoms with E-state index in [2.05, 4.69) is 15.9 Å². The topological polar surface area (TPSA) is 46.5 Å². The number of benzene rings is 2. The van der Waals surface area contributed by atoms with Crippen LogP contribution in [0.3, 0.4) is 0 Å². The van der Waals surface area contributed by atoms with Gasteiger partial charge in [0.05, 0.1) is 0 Å². The molecule has 0 radical (unpaired) electrons. The molecule has 0 fully saturated rings. The highest BCUT2D eigenvalue weighted by molar-refractivity contribution is 9.10. The molecule has 0 aliphatic heterocycles. The molecule has 0 spiro atoms. The first-order valence-corrected chi connectivity index (χ1v) is 6.19. The fourth-order valence-electron chi connectivity index (χ4n) is 1.41. The molecule has 0 aliphatic rings. The molecule has 2 rings (SSSR count). The van der Waals surface area contributed by atoms with Crippen LogP contribution in [0.1, 0.15) is 10.4 Å². The number of hydrogen-bond acceptors (Lipinski definition) is 2. The van der Waals surface area contributed by atoms with E-state index in [0.29, 0.717) is 10.8 Å². The summed E-state index contributed by atoms with van der Waals surface area (Å²) in [6.45, 7) is 0. The number of carboxylic acids is 1. The zero-order chi connectivity index (χ0) is 13.1. The molecule has 3 nitrogen and oxygen atoms in total. The van der Waals surface area contributed by atoms with Gasteiger partial charge in [-0.25, -0.2) is 4.79 Å². The van der Waals surface area contributed by atoms with Crippen molar-refractivity contribution in [1.82, 2.24) is 0 Å². The van der Waals surface area contributed by atoms with E-state index >= 15 is 0 Å². The lowest BCUT2D eigenvalue weighted by molar-refractivity contribution is 0.0694. The number of carboxylic acid groups (broad SMARTS) is 1. The second kappa shape index (κ2) is 5.42. The van der Waals surface area contributed by atoms with Gasteiger partial charge in [-0.1, -0.05) is 33.6 Å². The lowest BCUT2D eigenvalue weighted by atomic mass is 10.2. The largest absolute Gasteiger partial charge is 0.478 e. The van der Waals surface area contributed by atoms with Crippen LogP contribution in [0.25, 0.3) is 0 Å². The first kappa shape index (κ1) is 12.9. The van der Waals surface area contributed by atoms with Crippen LogP contribution >= 0.6 is 27.5 Å². The van der Waals surface area contributed by atoms with Crippen molar-refractivity contribution < 1.29 is 14.6 Å². The molecule has 18 heavy (non-hydrogen) atoms. The summed E-state index contributed by atoms with van der Waals surface area (Å²) in [5.41, 5.74) is 0.0689. The molecule has 0 saturated heterocycles. The first-order chi connectivity index (χ1) is 8.56. The van der Waals surface area contributed by atoms with Gasteiger partial charge in [-0.3, -0.25) is 0 Å². The second-order valence-electron chi connectivity index (χ2n) is 3.51. The van der Waals surface area contributed by atoms with E-state index in [-0.39, 0.29) is 11.3 Å². The molecule has 2 aromatic rings. The van der Waals surface area contributed by atoms with Gasteiger partial charge in [0.2, 0.25) is 0 Å². The first-order valence-electron chi connectivity index (χ1n) is 5.02. The van der Waals surface area contributed by atoms with Crippen molar-refractivity contribution in [1.29, 1.82) is 0 Å². The van der Waals surface area contributed by atoms with E-state index in [0.717, 1.165) is 4.47 Å². The molecule has 0 aromatic heterocycles. The summed E-state index contributed by atoms with van der Waals surface area (Å²) in [5.74, 6) is -0.307. The van der Waals surface area contributed by atoms with Crippen LogP contribution in [0.15, 0.2) is 46.9 Å². The minimum atomic E-state index is -1.06. The van der Waals surface area contributed by atoms with E-state index in [1.165, 1.54) is 18.2 Å². The van der Waals surface area contributed by atoms with Gasteiger partial charge in [0, 0.05) is 15.6 Å². The fourth-order valence-corrected chi connectivity index (χ4v) is 1.96. The summed E-state index contributed by atoms with van der Waals surface area (Å²) < 4.78 is 6.38. The fraction of sp³-hybridized carbons (Fsp3) is 0. The van der Waals surface area contributed by atoms with Gasteiger partial charge in [-0.05, 0) is 30.3 Å². The molecule has 2 aromatic carbocycles. The SMILES string of the molecule is O=C(O)c1ccc(Cl)cc1Oc1cccc(Br)c1. The molecule has 0 heterocycles. The Hall–Kier alpha value is -1.52. The van der Waals surface area contributed by atoms with Crippen molar-refractivity contribution in [2.24, 2.45) is 0 Å². The van der Waals surface area contributed by atoms with Gasteiger partial charge < -0.3 is 9.84 Å². The van der Waals surface area contributed by atoms with Gasteiger partial charge in [0.1, 0.15) is 17.1 Å². The van der Waals surface area contributed by atoms with E-state index in [1.54, 1.807) is 18.2 Å². The van der Waals surface area contributed by atoms with Crippen LogP contribution in [-0.4, -0.2) is 11.1 Å². The molecule has 92 valence electrons. The Morgan fingerprint density at radius 1 is 1.22 bits per heavy atom. The van der Waals surface area contributed by atoms with Crippen molar-refractivity contribution in [2.75, 3.05) is 0 Å². The zero-order valence-electron chi connectivity index (χ0n) is 9.06. The van der Waals surface area contributed by atoms with Gasteiger partial charge in [-0.2, -0.15) is 0 Å². The molecule has 0 atom stereocenters.